The molecule has 1 saturated heterocycles. The van der Waals surface area contributed by atoms with Crippen LogP contribution in [-0.2, 0) is 9.47 Å². The average molecular weight is 264 g/mol. The topological polar surface area (TPSA) is 99.4 Å². The van der Waals surface area contributed by atoms with E-state index in [1.54, 1.807) is 0 Å². The van der Waals surface area contributed by atoms with Crippen molar-refractivity contribution >= 4 is 0 Å². The lowest BCUT2D eigenvalue weighted by atomic mass is 9.61. The Kier molecular flexibility index (Phi) is 3.41. The van der Waals surface area contributed by atoms with E-state index in [2.05, 4.69) is 0 Å². The molecule has 0 aromatic heterocycles. The molecule has 0 aliphatic carbocycles. The molecular weight excluding hydrogens is 240 g/mol. The monoisotopic (exact) mass is 264 g/mol. The van der Waals surface area contributed by atoms with Crippen molar-refractivity contribution in [3.63, 3.8) is 0 Å². The van der Waals surface area contributed by atoms with Crippen molar-refractivity contribution in [3.05, 3.63) is 0 Å². The summed E-state index contributed by atoms with van der Waals surface area (Å²) < 4.78 is 10.4. The number of methoxy groups -OCH3 is 1. The summed E-state index contributed by atoms with van der Waals surface area (Å²) >= 11 is 0. The van der Waals surface area contributed by atoms with Crippen LogP contribution in [0.3, 0.4) is 0 Å². The van der Waals surface area contributed by atoms with Gasteiger partial charge in [0.2, 0.25) is 0 Å². The van der Waals surface area contributed by atoms with E-state index in [-0.39, 0.29) is 6.61 Å². The first kappa shape index (κ1) is 15.8. The normalized spacial score (nSPS) is 57.7. The van der Waals surface area contributed by atoms with Gasteiger partial charge in [0, 0.05) is 7.11 Å². The zero-order valence-electron chi connectivity index (χ0n) is 11.8. The van der Waals surface area contributed by atoms with Crippen LogP contribution >= 0.6 is 0 Å². The predicted molar refractivity (Wildman–Crippen MR) is 63.9 cm³/mol. The third kappa shape index (κ3) is 1.64. The highest BCUT2D eigenvalue weighted by atomic mass is 16.7. The Morgan fingerprint density at radius 1 is 0.833 bits per heavy atom. The number of ether oxygens (including phenoxy) is 2. The molecule has 6 heteroatoms. The number of aliphatic hydroxyl groups is 4. The highest BCUT2D eigenvalue weighted by Crippen LogP contribution is 2.52. The minimum absolute atomic E-state index is 0.0532. The van der Waals surface area contributed by atoms with E-state index in [9.17, 15) is 20.4 Å². The Bertz CT molecular complexity index is 333. The lowest BCUT2D eigenvalue weighted by Crippen LogP contribution is -2.84. The molecule has 0 aromatic carbocycles. The Morgan fingerprint density at radius 2 is 1.28 bits per heavy atom. The summed E-state index contributed by atoms with van der Waals surface area (Å²) in [7, 11) is 1.42. The van der Waals surface area contributed by atoms with Gasteiger partial charge in [0.25, 0.3) is 0 Å². The van der Waals surface area contributed by atoms with Gasteiger partial charge in [-0.25, -0.2) is 0 Å². The van der Waals surface area contributed by atoms with E-state index in [0.717, 1.165) is 0 Å². The minimum Gasteiger partial charge on any atom is -0.384 e. The van der Waals surface area contributed by atoms with E-state index in [1.165, 1.54) is 41.7 Å². The molecule has 0 aromatic rings. The Labute approximate surface area is 107 Å². The average Bonchev–Trinajstić information content (AvgIpc) is 2.14. The summed E-state index contributed by atoms with van der Waals surface area (Å²) in [5.74, 6) is -2.04. The lowest BCUT2D eigenvalue weighted by molar-refractivity contribution is -0.449. The van der Waals surface area contributed by atoms with Crippen LogP contribution in [0.5, 0.6) is 0 Å². The number of hydrogen-bond acceptors (Lipinski definition) is 6. The van der Waals surface area contributed by atoms with Crippen LogP contribution in [0.2, 0.25) is 0 Å². The fourth-order valence-corrected chi connectivity index (χ4v) is 2.52. The van der Waals surface area contributed by atoms with Gasteiger partial charge < -0.3 is 29.9 Å². The predicted octanol–water partition coefficient (Wildman–Crippen LogP) is -0.617. The summed E-state index contributed by atoms with van der Waals surface area (Å²) in [6.45, 7) is 6.52. The van der Waals surface area contributed by atoms with Crippen molar-refractivity contribution in [2.45, 2.75) is 62.8 Å². The fraction of sp³-hybridized carbons (Fsp3) is 1.00. The van der Waals surface area contributed by atoms with Crippen LogP contribution in [0.15, 0.2) is 0 Å². The Hall–Kier alpha value is -0.240. The Morgan fingerprint density at radius 3 is 1.67 bits per heavy atom. The zero-order chi connectivity index (χ0) is 14.6. The van der Waals surface area contributed by atoms with Crippen LogP contribution in [0, 0.1) is 0 Å². The molecule has 6 nitrogen and oxygen atoms in total. The van der Waals surface area contributed by atoms with E-state index >= 15 is 0 Å². The Balaban J connectivity index is 3.41. The zero-order valence-corrected chi connectivity index (χ0v) is 11.8. The smallest absolute Gasteiger partial charge is 0.195 e. The highest BCUT2D eigenvalue weighted by molar-refractivity contribution is 5.21. The second-order valence-electron chi connectivity index (χ2n) is 5.97. The molecule has 0 radical (unpaired) electrons. The molecule has 1 aliphatic heterocycles. The lowest BCUT2D eigenvalue weighted by Gasteiger charge is -2.64. The largest absolute Gasteiger partial charge is 0.384 e. The van der Waals surface area contributed by atoms with Crippen LogP contribution < -0.4 is 0 Å². The summed E-state index contributed by atoms with van der Waals surface area (Å²) in [6.07, 6.45) is 0. The number of rotatable bonds is 2. The van der Waals surface area contributed by atoms with Crippen molar-refractivity contribution in [3.8, 4) is 0 Å². The fourth-order valence-electron chi connectivity index (χ4n) is 2.52. The molecule has 1 fully saturated rings. The van der Waals surface area contributed by atoms with E-state index in [4.69, 9.17) is 9.47 Å². The van der Waals surface area contributed by atoms with Crippen LogP contribution in [0.25, 0.3) is 0 Å². The van der Waals surface area contributed by atoms with Gasteiger partial charge in [-0.2, -0.15) is 0 Å². The molecule has 1 heterocycles. The summed E-state index contributed by atoms with van der Waals surface area (Å²) in [5.41, 5.74) is -7.27. The molecule has 5 atom stereocenters. The van der Waals surface area contributed by atoms with Crippen LogP contribution in [0.4, 0.5) is 0 Å². The first-order chi connectivity index (χ1) is 7.77. The summed E-state index contributed by atoms with van der Waals surface area (Å²) in [6, 6.07) is 0. The maximum absolute atomic E-state index is 10.6. The third-order valence-electron chi connectivity index (χ3n) is 4.67. The van der Waals surface area contributed by atoms with Crippen molar-refractivity contribution in [1.29, 1.82) is 0 Å². The molecule has 0 amide bonds. The molecule has 0 spiro atoms. The minimum atomic E-state index is -2.06. The van der Waals surface area contributed by atoms with Gasteiger partial charge in [-0.15, -0.1) is 0 Å². The quantitative estimate of drug-likeness (QED) is 0.531. The van der Waals surface area contributed by atoms with Crippen molar-refractivity contribution in [2.24, 2.45) is 0 Å². The standard InChI is InChI=1S/C12H24O6/c1-8(7-17-6)9(2,13)10(3,14)11(4,15)12(5,16)18-8/h13-16H,7H2,1-6H3/t8?,9-,10?,11?,12+/m1/s1. The molecule has 4 N–H and O–H groups in total. The van der Waals surface area contributed by atoms with Crippen LogP contribution in [-0.4, -0.2) is 62.3 Å². The second-order valence-corrected chi connectivity index (χ2v) is 5.97. The first-order valence-electron chi connectivity index (χ1n) is 5.85. The maximum Gasteiger partial charge on any atom is 0.195 e. The molecule has 0 bridgehead atoms. The van der Waals surface area contributed by atoms with Crippen molar-refractivity contribution < 1.29 is 29.9 Å². The molecule has 1 aliphatic rings. The van der Waals surface area contributed by atoms with E-state index < -0.39 is 28.2 Å². The van der Waals surface area contributed by atoms with Crippen LogP contribution in [0.1, 0.15) is 34.6 Å². The molecule has 0 saturated carbocycles. The van der Waals surface area contributed by atoms with Gasteiger partial charge >= 0.3 is 0 Å². The van der Waals surface area contributed by atoms with Gasteiger partial charge in [0.15, 0.2) is 5.79 Å². The molecular formula is C12H24O6. The van der Waals surface area contributed by atoms with E-state index in [0.29, 0.717) is 0 Å². The molecule has 18 heavy (non-hydrogen) atoms. The van der Waals surface area contributed by atoms with Gasteiger partial charge in [-0.1, -0.05) is 0 Å². The molecule has 1 rings (SSSR count). The third-order valence-corrected chi connectivity index (χ3v) is 4.67. The van der Waals surface area contributed by atoms with Gasteiger partial charge in [0.05, 0.1) is 6.61 Å². The SMILES string of the molecule is COCC1(C)O[C@](C)(O)C(C)(O)C(C)(O)[C@]1(C)O. The van der Waals surface area contributed by atoms with Gasteiger partial charge in [0.1, 0.15) is 22.4 Å². The molecule has 108 valence electrons. The highest BCUT2D eigenvalue weighted by Gasteiger charge is 2.73. The van der Waals surface area contributed by atoms with Gasteiger partial charge in [-0.3, -0.25) is 0 Å². The van der Waals surface area contributed by atoms with Crippen molar-refractivity contribution in [1.82, 2.24) is 0 Å². The molecule has 3 unspecified atom stereocenters. The van der Waals surface area contributed by atoms with Crippen molar-refractivity contribution in [2.75, 3.05) is 13.7 Å². The first-order valence-corrected chi connectivity index (χ1v) is 5.85. The summed E-state index contributed by atoms with van der Waals surface area (Å²) in [4.78, 5) is 0. The van der Waals surface area contributed by atoms with Gasteiger partial charge in [-0.05, 0) is 34.6 Å². The summed E-state index contributed by atoms with van der Waals surface area (Å²) in [5, 5.41) is 41.7. The maximum atomic E-state index is 10.6. The number of hydrogen-bond donors (Lipinski definition) is 4. The second kappa shape index (κ2) is 3.88. The van der Waals surface area contributed by atoms with E-state index in [1.807, 2.05) is 0 Å².